The molecule has 11 heteroatoms. The summed E-state index contributed by atoms with van der Waals surface area (Å²) in [5.41, 5.74) is 1.44. The third kappa shape index (κ3) is 7.32. The van der Waals surface area contributed by atoms with Gasteiger partial charge in [-0.3, -0.25) is 9.52 Å². The Morgan fingerprint density at radius 2 is 1.70 bits per heavy atom. The van der Waals surface area contributed by atoms with E-state index in [0.29, 0.717) is 29.3 Å². The molecule has 0 spiro atoms. The molecule has 0 radical (unpaired) electrons. The van der Waals surface area contributed by atoms with Crippen molar-refractivity contribution in [2.45, 2.75) is 25.2 Å². The van der Waals surface area contributed by atoms with Gasteiger partial charge >= 0.3 is 0 Å². The zero-order valence-electron chi connectivity index (χ0n) is 16.9. The van der Waals surface area contributed by atoms with Gasteiger partial charge in [-0.15, -0.1) is 0 Å². The summed E-state index contributed by atoms with van der Waals surface area (Å²) >= 11 is 0. The normalized spacial score (nSPS) is 11.7. The van der Waals surface area contributed by atoms with Gasteiger partial charge < -0.3 is 10.1 Å². The fraction of sp³-hybridized carbons (Fsp3) is 0.316. The third-order valence-electron chi connectivity index (χ3n) is 3.91. The first-order valence-electron chi connectivity index (χ1n) is 9.11. The Morgan fingerprint density at radius 3 is 2.30 bits per heavy atom. The summed E-state index contributed by atoms with van der Waals surface area (Å²) in [7, 11) is -7.21. The van der Waals surface area contributed by atoms with Crippen molar-refractivity contribution in [3.05, 3.63) is 48.0 Å². The number of carbonyl (C=O) groups is 1. The maximum Gasteiger partial charge on any atom is 0.240 e. The van der Waals surface area contributed by atoms with Crippen molar-refractivity contribution in [3.8, 4) is 5.75 Å². The Balaban J connectivity index is 1.92. The van der Waals surface area contributed by atoms with E-state index < -0.39 is 26.0 Å². The molecule has 0 fully saturated rings. The Kier molecular flexibility index (Phi) is 7.82. The Bertz CT molecular complexity index is 1100. The number of carbonyl (C=O) groups excluding carboxylic acids is 1. The maximum absolute atomic E-state index is 12.3. The summed E-state index contributed by atoms with van der Waals surface area (Å²) in [5, 5.41) is 2.62. The van der Waals surface area contributed by atoms with E-state index in [1.54, 1.807) is 31.2 Å². The number of aryl methyl sites for hydroxylation is 1. The van der Waals surface area contributed by atoms with Gasteiger partial charge in [0.25, 0.3) is 0 Å². The van der Waals surface area contributed by atoms with E-state index >= 15 is 0 Å². The number of amides is 1. The molecule has 0 aliphatic rings. The van der Waals surface area contributed by atoms with Crippen LogP contribution in [-0.2, 0) is 24.8 Å². The highest BCUT2D eigenvalue weighted by molar-refractivity contribution is 7.92. The molecule has 2 aromatic rings. The average Bonchev–Trinajstić information content (AvgIpc) is 2.64. The number of hydrogen-bond acceptors (Lipinski definition) is 6. The monoisotopic (exact) mass is 455 g/mol. The van der Waals surface area contributed by atoms with Crippen molar-refractivity contribution < 1.29 is 26.4 Å². The molecule has 0 saturated heterocycles. The minimum absolute atomic E-state index is 0.0707. The van der Waals surface area contributed by atoms with Crippen molar-refractivity contribution in [2.75, 3.05) is 29.4 Å². The smallest absolute Gasteiger partial charge is 0.240 e. The first-order chi connectivity index (χ1) is 14.0. The van der Waals surface area contributed by atoms with Gasteiger partial charge in [0, 0.05) is 18.7 Å². The molecule has 2 aromatic carbocycles. The molecule has 2 rings (SSSR count). The SMILES string of the molecule is CCOc1ccc(S(=O)(=O)NCCC(=O)Nc2ccc(C)c(NS(C)(=O)=O)c2)cc1. The molecule has 9 nitrogen and oxygen atoms in total. The minimum Gasteiger partial charge on any atom is -0.494 e. The van der Waals surface area contributed by atoms with Crippen LogP contribution in [0.5, 0.6) is 5.75 Å². The molecule has 0 aromatic heterocycles. The highest BCUT2D eigenvalue weighted by Gasteiger charge is 2.15. The molecule has 0 bridgehead atoms. The Labute approximate surface area is 176 Å². The van der Waals surface area contributed by atoms with Gasteiger partial charge in [-0.1, -0.05) is 6.07 Å². The fourth-order valence-electron chi connectivity index (χ4n) is 2.50. The van der Waals surface area contributed by atoms with E-state index in [-0.39, 0.29) is 17.9 Å². The van der Waals surface area contributed by atoms with E-state index in [9.17, 15) is 21.6 Å². The summed E-state index contributed by atoms with van der Waals surface area (Å²) in [6, 6.07) is 10.8. The molecular weight excluding hydrogens is 430 g/mol. The fourth-order valence-corrected chi connectivity index (χ4v) is 4.15. The van der Waals surface area contributed by atoms with Gasteiger partial charge in [0.05, 0.1) is 23.4 Å². The van der Waals surface area contributed by atoms with E-state index in [4.69, 9.17) is 4.74 Å². The van der Waals surface area contributed by atoms with Crippen molar-refractivity contribution in [1.82, 2.24) is 4.72 Å². The zero-order chi connectivity index (χ0) is 22.4. The topological polar surface area (TPSA) is 131 Å². The van der Waals surface area contributed by atoms with Gasteiger partial charge in [0.2, 0.25) is 26.0 Å². The lowest BCUT2D eigenvalue weighted by Gasteiger charge is -2.11. The number of ether oxygens (including phenoxy) is 1. The van der Waals surface area contributed by atoms with Crippen LogP contribution in [0.15, 0.2) is 47.4 Å². The van der Waals surface area contributed by atoms with Gasteiger partial charge in [-0.2, -0.15) is 0 Å². The van der Waals surface area contributed by atoms with Crippen LogP contribution in [0.2, 0.25) is 0 Å². The first kappa shape index (κ1) is 23.6. The predicted molar refractivity (Wildman–Crippen MR) is 116 cm³/mol. The quantitative estimate of drug-likeness (QED) is 0.503. The van der Waals surface area contributed by atoms with Crippen molar-refractivity contribution in [2.24, 2.45) is 0 Å². The van der Waals surface area contributed by atoms with Crippen molar-refractivity contribution >= 4 is 37.3 Å². The highest BCUT2D eigenvalue weighted by atomic mass is 32.2. The second kappa shape index (κ2) is 9.92. The third-order valence-corrected chi connectivity index (χ3v) is 5.97. The van der Waals surface area contributed by atoms with Gasteiger partial charge in [-0.25, -0.2) is 21.6 Å². The van der Waals surface area contributed by atoms with E-state index in [1.807, 2.05) is 6.92 Å². The molecule has 0 aliphatic heterocycles. The summed E-state index contributed by atoms with van der Waals surface area (Å²) < 4.78 is 57.5. The summed E-state index contributed by atoms with van der Waals surface area (Å²) in [4.78, 5) is 12.2. The Hall–Kier alpha value is -2.63. The number of rotatable bonds is 10. The van der Waals surface area contributed by atoms with Crippen LogP contribution < -0.4 is 19.5 Å². The van der Waals surface area contributed by atoms with Crippen LogP contribution in [0.1, 0.15) is 18.9 Å². The summed E-state index contributed by atoms with van der Waals surface area (Å²) in [6.45, 7) is 3.94. The number of anilines is 2. The van der Waals surface area contributed by atoms with Crippen molar-refractivity contribution in [3.63, 3.8) is 0 Å². The lowest BCUT2D eigenvalue weighted by molar-refractivity contribution is -0.116. The largest absolute Gasteiger partial charge is 0.494 e. The van der Waals surface area contributed by atoms with E-state index in [2.05, 4.69) is 14.8 Å². The average molecular weight is 456 g/mol. The zero-order valence-corrected chi connectivity index (χ0v) is 18.6. The van der Waals surface area contributed by atoms with Crippen LogP contribution in [0.3, 0.4) is 0 Å². The number of hydrogen-bond donors (Lipinski definition) is 3. The van der Waals surface area contributed by atoms with Crippen LogP contribution in [0.25, 0.3) is 0 Å². The first-order valence-corrected chi connectivity index (χ1v) is 12.5. The van der Waals surface area contributed by atoms with Gasteiger partial charge in [0.1, 0.15) is 5.75 Å². The van der Waals surface area contributed by atoms with Crippen LogP contribution in [-0.4, -0.2) is 42.2 Å². The second-order valence-corrected chi connectivity index (χ2v) is 10.0. The molecule has 1 amide bonds. The number of nitrogens with one attached hydrogen (secondary N) is 3. The van der Waals surface area contributed by atoms with Crippen LogP contribution >= 0.6 is 0 Å². The standard InChI is InChI=1S/C19H25N3O6S2/c1-4-28-16-7-9-17(10-8-16)30(26,27)20-12-11-19(23)21-15-6-5-14(2)18(13-15)22-29(3,24)25/h5-10,13,20,22H,4,11-12H2,1-3H3,(H,21,23). The molecule has 0 saturated carbocycles. The van der Waals surface area contributed by atoms with Crippen molar-refractivity contribution in [1.29, 1.82) is 0 Å². The molecule has 0 aliphatic carbocycles. The molecule has 30 heavy (non-hydrogen) atoms. The number of benzene rings is 2. The summed E-state index contributed by atoms with van der Waals surface area (Å²) in [6.07, 6.45) is 0.938. The van der Waals surface area contributed by atoms with Gasteiger partial charge in [0.15, 0.2) is 0 Å². The number of sulfonamides is 2. The second-order valence-electron chi connectivity index (χ2n) is 6.50. The maximum atomic E-state index is 12.3. The molecule has 0 atom stereocenters. The van der Waals surface area contributed by atoms with Crippen LogP contribution in [0.4, 0.5) is 11.4 Å². The molecule has 0 unspecified atom stereocenters. The predicted octanol–water partition coefficient (Wildman–Crippen LogP) is 2.07. The van der Waals surface area contributed by atoms with E-state index in [1.165, 1.54) is 18.2 Å². The van der Waals surface area contributed by atoms with Gasteiger partial charge in [-0.05, 0) is 55.8 Å². The highest BCUT2D eigenvalue weighted by Crippen LogP contribution is 2.21. The lowest BCUT2D eigenvalue weighted by atomic mass is 10.2. The molecule has 0 heterocycles. The molecule has 3 N–H and O–H groups in total. The minimum atomic E-state index is -3.76. The lowest BCUT2D eigenvalue weighted by Crippen LogP contribution is -2.27. The van der Waals surface area contributed by atoms with E-state index in [0.717, 1.165) is 6.26 Å². The molecular formula is C19H25N3O6S2. The Morgan fingerprint density at radius 1 is 1.03 bits per heavy atom. The summed E-state index contributed by atoms with van der Waals surface area (Å²) in [5.74, 6) is 0.150. The van der Waals surface area contributed by atoms with Crippen LogP contribution in [0, 0.1) is 6.92 Å². The molecule has 164 valence electrons.